The molecule has 4 heterocycles. The zero-order valence-corrected chi connectivity index (χ0v) is 20.1. The lowest BCUT2D eigenvalue weighted by Gasteiger charge is -2.41. The van der Waals surface area contributed by atoms with E-state index in [0.29, 0.717) is 17.9 Å². The van der Waals surface area contributed by atoms with Crippen molar-refractivity contribution < 1.29 is 9.32 Å². The van der Waals surface area contributed by atoms with Gasteiger partial charge in [0.1, 0.15) is 0 Å². The minimum atomic E-state index is 0.194. The molecule has 0 aliphatic carbocycles. The molecule has 2 fully saturated rings. The third-order valence-electron chi connectivity index (χ3n) is 7.41. The predicted molar refractivity (Wildman–Crippen MR) is 127 cm³/mol. The molecular formula is C25H34N6O2. The fourth-order valence-electron chi connectivity index (χ4n) is 5.47. The SMILES string of the molecule is CC(=O)N1CCC(N2CCC(c3nc(-n4nc(C(C)C)c5cccc(C)c54)no3)CC2)CC1. The molecule has 3 aromatic rings. The summed E-state index contributed by atoms with van der Waals surface area (Å²) in [5.41, 5.74) is 3.27. The first-order valence-electron chi connectivity index (χ1n) is 12.2. The van der Waals surface area contributed by atoms with E-state index in [4.69, 9.17) is 14.6 Å². The van der Waals surface area contributed by atoms with E-state index >= 15 is 0 Å². The molecule has 0 unspecified atom stereocenters. The lowest BCUT2D eigenvalue weighted by atomic mass is 9.93. The molecule has 0 saturated carbocycles. The normalized spacial score (nSPS) is 19.1. The number of para-hydroxylation sites is 1. The number of hydrogen-bond donors (Lipinski definition) is 0. The number of hydrogen-bond acceptors (Lipinski definition) is 6. The molecule has 176 valence electrons. The molecule has 0 N–H and O–H groups in total. The van der Waals surface area contributed by atoms with Gasteiger partial charge < -0.3 is 14.3 Å². The Bertz CT molecular complexity index is 1130. The highest BCUT2D eigenvalue weighted by Gasteiger charge is 2.31. The number of carbonyl (C=O) groups is 1. The Morgan fingerprint density at radius 2 is 1.82 bits per heavy atom. The molecule has 1 amide bonds. The average Bonchev–Trinajstić information content (AvgIpc) is 3.45. The van der Waals surface area contributed by atoms with Gasteiger partial charge in [0.25, 0.3) is 5.95 Å². The van der Waals surface area contributed by atoms with Gasteiger partial charge in [-0.3, -0.25) is 4.79 Å². The minimum absolute atomic E-state index is 0.194. The number of carbonyl (C=O) groups excluding carboxylic acids is 1. The Balaban J connectivity index is 1.29. The molecule has 0 radical (unpaired) electrons. The van der Waals surface area contributed by atoms with E-state index in [1.54, 1.807) is 6.92 Å². The molecule has 2 aliphatic heterocycles. The number of aromatic nitrogens is 4. The van der Waals surface area contributed by atoms with E-state index in [-0.39, 0.29) is 11.8 Å². The summed E-state index contributed by atoms with van der Waals surface area (Å²) < 4.78 is 7.61. The van der Waals surface area contributed by atoms with Gasteiger partial charge in [0.05, 0.1) is 11.2 Å². The molecule has 2 aliphatic rings. The summed E-state index contributed by atoms with van der Waals surface area (Å²) in [5, 5.41) is 10.3. The van der Waals surface area contributed by atoms with Crippen molar-refractivity contribution >= 4 is 16.8 Å². The van der Waals surface area contributed by atoms with Gasteiger partial charge in [-0.1, -0.05) is 32.0 Å². The highest BCUT2D eigenvalue weighted by molar-refractivity contribution is 5.86. The molecule has 5 rings (SSSR count). The second-order valence-corrected chi connectivity index (χ2v) is 9.90. The fourth-order valence-corrected chi connectivity index (χ4v) is 5.47. The highest BCUT2D eigenvalue weighted by atomic mass is 16.5. The summed E-state index contributed by atoms with van der Waals surface area (Å²) >= 11 is 0. The van der Waals surface area contributed by atoms with E-state index in [0.717, 1.165) is 79.9 Å². The van der Waals surface area contributed by atoms with Crippen LogP contribution in [0.25, 0.3) is 16.9 Å². The Morgan fingerprint density at radius 1 is 1.09 bits per heavy atom. The lowest BCUT2D eigenvalue weighted by Crippen LogP contribution is -2.48. The molecular weight excluding hydrogens is 416 g/mol. The van der Waals surface area contributed by atoms with Crippen LogP contribution in [0.3, 0.4) is 0 Å². The molecule has 8 heteroatoms. The van der Waals surface area contributed by atoms with Crippen molar-refractivity contribution in [1.29, 1.82) is 0 Å². The summed E-state index contributed by atoms with van der Waals surface area (Å²) in [4.78, 5) is 20.9. The maximum absolute atomic E-state index is 11.6. The lowest BCUT2D eigenvalue weighted by molar-refractivity contribution is -0.130. The third-order valence-corrected chi connectivity index (χ3v) is 7.41. The Hall–Kier alpha value is -2.74. The number of amides is 1. The average molecular weight is 451 g/mol. The monoisotopic (exact) mass is 450 g/mol. The maximum atomic E-state index is 11.6. The molecule has 0 spiro atoms. The van der Waals surface area contributed by atoms with Gasteiger partial charge in [-0.2, -0.15) is 14.8 Å². The van der Waals surface area contributed by atoms with Crippen molar-refractivity contribution in [3.8, 4) is 5.95 Å². The van der Waals surface area contributed by atoms with Crippen LogP contribution >= 0.6 is 0 Å². The van der Waals surface area contributed by atoms with Crippen LogP contribution in [-0.4, -0.2) is 67.8 Å². The molecule has 33 heavy (non-hydrogen) atoms. The largest absolute Gasteiger partial charge is 0.343 e. The number of rotatable bonds is 4. The van der Waals surface area contributed by atoms with E-state index in [9.17, 15) is 4.79 Å². The van der Waals surface area contributed by atoms with Gasteiger partial charge in [0, 0.05) is 37.4 Å². The van der Waals surface area contributed by atoms with Gasteiger partial charge in [0.2, 0.25) is 11.8 Å². The summed E-state index contributed by atoms with van der Waals surface area (Å²) in [6.07, 6.45) is 4.17. The second kappa shape index (κ2) is 8.89. The van der Waals surface area contributed by atoms with Crippen LogP contribution in [0.1, 0.15) is 75.4 Å². The van der Waals surface area contributed by atoms with E-state index in [1.165, 1.54) is 0 Å². The first-order valence-corrected chi connectivity index (χ1v) is 12.2. The number of aryl methyl sites for hydroxylation is 1. The van der Waals surface area contributed by atoms with Crippen LogP contribution in [0.2, 0.25) is 0 Å². The molecule has 2 aromatic heterocycles. The molecule has 0 atom stereocenters. The standard InChI is InChI=1S/C25H34N6O2/c1-16(2)22-21-7-5-6-17(3)23(21)31(27-22)25-26-24(33-28-25)19-8-12-30(13-9-19)20-10-14-29(15-11-20)18(4)32/h5-7,16,19-20H,8-15H2,1-4H3. The second-order valence-electron chi connectivity index (χ2n) is 9.90. The Morgan fingerprint density at radius 3 is 2.48 bits per heavy atom. The van der Waals surface area contributed by atoms with Crippen molar-refractivity contribution in [2.24, 2.45) is 0 Å². The van der Waals surface area contributed by atoms with Gasteiger partial charge in [0.15, 0.2) is 0 Å². The zero-order chi connectivity index (χ0) is 23.1. The quantitative estimate of drug-likeness (QED) is 0.597. The smallest absolute Gasteiger partial charge is 0.291 e. The van der Waals surface area contributed by atoms with Crippen molar-refractivity contribution in [1.82, 2.24) is 29.7 Å². The zero-order valence-electron chi connectivity index (χ0n) is 20.1. The Labute approximate surface area is 194 Å². The topological polar surface area (TPSA) is 80.3 Å². The summed E-state index contributed by atoms with van der Waals surface area (Å²) in [6, 6.07) is 6.88. The van der Waals surface area contributed by atoms with Gasteiger partial charge in [-0.05, 0) is 62.3 Å². The van der Waals surface area contributed by atoms with Gasteiger partial charge in [-0.15, -0.1) is 0 Å². The van der Waals surface area contributed by atoms with Crippen LogP contribution in [0.5, 0.6) is 0 Å². The van der Waals surface area contributed by atoms with Crippen molar-refractivity contribution in [2.45, 2.75) is 71.3 Å². The number of benzene rings is 1. The van der Waals surface area contributed by atoms with Crippen molar-refractivity contribution in [2.75, 3.05) is 26.2 Å². The van der Waals surface area contributed by atoms with Gasteiger partial charge in [-0.25, -0.2) is 0 Å². The van der Waals surface area contributed by atoms with Gasteiger partial charge >= 0.3 is 0 Å². The van der Waals surface area contributed by atoms with Crippen LogP contribution in [-0.2, 0) is 4.79 Å². The van der Waals surface area contributed by atoms with E-state index in [2.05, 4.69) is 49.0 Å². The Kier molecular flexibility index (Phi) is 5.95. The van der Waals surface area contributed by atoms with Crippen LogP contribution in [0.4, 0.5) is 0 Å². The number of nitrogens with zero attached hydrogens (tertiary/aromatic N) is 6. The summed E-state index contributed by atoms with van der Waals surface area (Å²) in [5.74, 6) is 2.04. The minimum Gasteiger partial charge on any atom is -0.343 e. The molecule has 8 nitrogen and oxygen atoms in total. The molecule has 2 saturated heterocycles. The first kappa shape index (κ1) is 22.1. The number of likely N-dealkylation sites (tertiary alicyclic amines) is 2. The first-order chi connectivity index (χ1) is 15.9. The molecule has 0 bridgehead atoms. The van der Waals surface area contributed by atoms with Crippen LogP contribution < -0.4 is 0 Å². The van der Waals surface area contributed by atoms with E-state index in [1.807, 2.05) is 9.58 Å². The van der Waals surface area contributed by atoms with Crippen LogP contribution in [0, 0.1) is 6.92 Å². The maximum Gasteiger partial charge on any atom is 0.291 e. The summed E-state index contributed by atoms with van der Waals surface area (Å²) in [7, 11) is 0. The van der Waals surface area contributed by atoms with Crippen LogP contribution in [0.15, 0.2) is 22.7 Å². The number of piperidine rings is 2. The predicted octanol–water partition coefficient (Wildman–Crippen LogP) is 4.03. The fraction of sp³-hybridized carbons (Fsp3) is 0.600. The van der Waals surface area contributed by atoms with E-state index < -0.39 is 0 Å². The third kappa shape index (κ3) is 4.16. The highest BCUT2D eigenvalue weighted by Crippen LogP contribution is 2.32. The van der Waals surface area contributed by atoms with Crippen molar-refractivity contribution in [3.63, 3.8) is 0 Å². The molecule has 1 aromatic carbocycles. The summed E-state index contributed by atoms with van der Waals surface area (Å²) in [6.45, 7) is 11.9. The van der Waals surface area contributed by atoms with Crippen molar-refractivity contribution in [3.05, 3.63) is 35.3 Å². The number of fused-ring (bicyclic) bond motifs is 1.